The molecule has 0 aliphatic rings. The van der Waals surface area contributed by atoms with E-state index in [0.29, 0.717) is 0 Å². The lowest BCUT2D eigenvalue weighted by atomic mass is 9.82. The predicted molar refractivity (Wildman–Crippen MR) is 80.8 cm³/mol. The van der Waals surface area contributed by atoms with E-state index < -0.39 is 41.7 Å². The fraction of sp³-hybridized carbons (Fsp3) is 0.438. The molecule has 1 aromatic rings. The van der Waals surface area contributed by atoms with Gasteiger partial charge >= 0.3 is 6.18 Å². The van der Waals surface area contributed by atoms with E-state index >= 15 is 0 Å². The van der Waals surface area contributed by atoms with Crippen LogP contribution in [0.2, 0.25) is 0 Å². The van der Waals surface area contributed by atoms with Gasteiger partial charge in [0, 0.05) is 13.6 Å². The highest BCUT2D eigenvalue weighted by Crippen LogP contribution is 2.28. The highest BCUT2D eigenvalue weighted by Gasteiger charge is 2.45. The van der Waals surface area contributed by atoms with Gasteiger partial charge in [-0.2, -0.15) is 18.4 Å². The molecule has 25 heavy (non-hydrogen) atoms. The summed E-state index contributed by atoms with van der Waals surface area (Å²) in [6.45, 7) is 1.80. The molecule has 0 aliphatic carbocycles. The highest BCUT2D eigenvalue weighted by atomic mass is 19.4. The van der Waals surface area contributed by atoms with Crippen LogP contribution in [-0.2, 0) is 15.0 Å². The number of amides is 2. The number of alkyl halides is 3. The van der Waals surface area contributed by atoms with Gasteiger partial charge in [-0.05, 0) is 37.6 Å². The van der Waals surface area contributed by atoms with Crippen LogP contribution in [0.25, 0.3) is 0 Å². The first-order valence-corrected chi connectivity index (χ1v) is 7.21. The second-order valence-electron chi connectivity index (χ2n) is 5.88. The van der Waals surface area contributed by atoms with Crippen LogP contribution in [-0.4, -0.2) is 31.6 Å². The molecular weight excluding hydrogens is 342 g/mol. The van der Waals surface area contributed by atoms with Crippen molar-refractivity contribution >= 4 is 11.8 Å². The van der Waals surface area contributed by atoms with Gasteiger partial charge in [0.05, 0.1) is 17.0 Å². The van der Waals surface area contributed by atoms with Crippen molar-refractivity contribution in [1.29, 1.82) is 5.26 Å². The van der Waals surface area contributed by atoms with Crippen molar-refractivity contribution in [3.63, 3.8) is 0 Å². The number of halogens is 4. The molecule has 1 atom stereocenters. The topological polar surface area (TPSA) is 82.0 Å². The van der Waals surface area contributed by atoms with E-state index in [1.54, 1.807) is 6.07 Å². The summed E-state index contributed by atoms with van der Waals surface area (Å²) in [6.07, 6.45) is -4.83. The summed E-state index contributed by atoms with van der Waals surface area (Å²) in [5.41, 5.74) is -1.30. The van der Waals surface area contributed by atoms with Crippen LogP contribution in [0.5, 0.6) is 0 Å². The second-order valence-corrected chi connectivity index (χ2v) is 5.88. The van der Waals surface area contributed by atoms with Crippen molar-refractivity contribution in [2.24, 2.45) is 5.92 Å². The van der Waals surface area contributed by atoms with E-state index in [9.17, 15) is 27.2 Å². The lowest BCUT2D eigenvalue weighted by Crippen LogP contribution is -2.48. The molecule has 0 aromatic heterocycles. The predicted octanol–water partition coefficient (Wildman–Crippen LogP) is 2.02. The summed E-state index contributed by atoms with van der Waals surface area (Å²) in [5, 5.41) is 12.8. The Bertz CT molecular complexity index is 708. The summed E-state index contributed by atoms with van der Waals surface area (Å²) >= 11 is 0. The van der Waals surface area contributed by atoms with Gasteiger partial charge in [0.1, 0.15) is 5.82 Å². The van der Waals surface area contributed by atoms with Crippen molar-refractivity contribution in [1.82, 2.24) is 10.6 Å². The lowest BCUT2D eigenvalue weighted by molar-refractivity contribution is -0.181. The Morgan fingerprint density at radius 2 is 1.84 bits per heavy atom. The third-order valence-corrected chi connectivity index (χ3v) is 3.74. The molecule has 1 aromatic carbocycles. The molecule has 0 saturated carbocycles. The van der Waals surface area contributed by atoms with E-state index in [2.05, 4.69) is 5.32 Å². The van der Waals surface area contributed by atoms with Crippen LogP contribution in [0.15, 0.2) is 18.2 Å². The molecule has 136 valence electrons. The molecule has 0 radical (unpaired) electrons. The van der Waals surface area contributed by atoms with Gasteiger partial charge in [-0.1, -0.05) is 0 Å². The lowest BCUT2D eigenvalue weighted by Gasteiger charge is -2.26. The molecule has 2 amide bonds. The van der Waals surface area contributed by atoms with Gasteiger partial charge in [0.25, 0.3) is 0 Å². The minimum absolute atomic E-state index is 0.0191. The normalized spacial score (nSPS) is 12.9. The molecule has 5 nitrogen and oxygen atoms in total. The summed E-state index contributed by atoms with van der Waals surface area (Å²) < 4.78 is 52.2. The second kappa shape index (κ2) is 7.51. The van der Waals surface area contributed by atoms with Gasteiger partial charge in [-0.3, -0.25) is 9.59 Å². The Hall–Kier alpha value is -2.63. The Kier molecular flexibility index (Phi) is 6.13. The van der Waals surface area contributed by atoms with Crippen molar-refractivity contribution < 1.29 is 27.2 Å². The van der Waals surface area contributed by atoms with Crippen LogP contribution < -0.4 is 10.6 Å². The first-order chi connectivity index (χ1) is 11.4. The number of nitrogens with one attached hydrogen (secondary N) is 2. The van der Waals surface area contributed by atoms with Crippen molar-refractivity contribution in [2.75, 3.05) is 13.6 Å². The Morgan fingerprint density at radius 3 is 2.32 bits per heavy atom. The standard InChI is InChI=1S/C16H17F4N3O2/c1-15(2,10-4-9(7-21)5-11(17)6-10)14(25)23-8-12(13(24)22-3)16(18,19)20/h4-6,12H,8H2,1-3H3,(H,22,24)(H,23,25). The van der Waals surface area contributed by atoms with Crippen LogP contribution >= 0.6 is 0 Å². The minimum Gasteiger partial charge on any atom is -0.359 e. The van der Waals surface area contributed by atoms with Gasteiger partial charge in [0.15, 0.2) is 5.92 Å². The largest absolute Gasteiger partial charge is 0.402 e. The molecule has 0 aliphatic heterocycles. The number of rotatable bonds is 5. The molecule has 1 unspecified atom stereocenters. The Balaban J connectivity index is 3.00. The van der Waals surface area contributed by atoms with Crippen LogP contribution in [0.1, 0.15) is 25.0 Å². The molecular formula is C16H17F4N3O2. The number of carbonyl (C=O) groups is 2. The smallest absolute Gasteiger partial charge is 0.359 e. The summed E-state index contributed by atoms with van der Waals surface area (Å²) in [6, 6.07) is 5.02. The number of hydrogen-bond donors (Lipinski definition) is 2. The Labute approximate surface area is 142 Å². The van der Waals surface area contributed by atoms with Crippen LogP contribution in [0.4, 0.5) is 17.6 Å². The van der Waals surface area contributed by atoms with Gasteiger partial charge < -0.3 is 10.6 Å². The highest BCUT2D eigenvalue weighted by molar-refractivity contribution is 5.88. The number of carbonyl (C=O) groups excluding carboxylic acids is 2. The quantitative estimate of drug-likeness (QED) is 0.789. The van der Waals surface area contributed by atoms with Gasteiger partial charge in [0.2, 0.25) is 11.8 Å². The number of nitriles is 1. The third-order valence-electron chi connectivity index (χ3n) is 3.74. The first-order valence-electron chi connectivity index (χ1n) is 7.21. The summed E-state index contributed by atoms with van der Waals surface area (Å²) in [4.78, 5) is 23.7. The van der Waals surface area contributed by atoms with Crippen molar-refractivity contribution in [3.8, 4) is 6.07 Å². The van der Waals surface area contributed by atoms with Crippen LogP contribution in [0.3, 0.4) is 0 Å². The van der Waals surface area contributed by atoms with E-state index in [-0.39, 0.29) is 11.1 Å². The van der Waals surface area contributed by atoms with E-state index in [4.69, 9.17) is 5.26 Å². The fourth-order valence-electron chi connectivity index (χ4n) is 2.09. The third kappa shape index (κ3) is 4.92. The average Bonchev–Trinajstić information content (AvgIpc) is 2.52. The molecule has 0 saturated heterocycles. The van der Waals surface area contributed by atoms with Crippen molar-refractivity contribution in [2.45, 2.75) is 25.4 Å². The Morgan fingerprint density at radius 1 is 1.24 bits per heavy atom. The fourth-order valence-corrected chi connectivity index (χ4v) is 2.09. The minimum atomic E-state index is -4.83. The molecule has 1 rings (SSSR count). The first kappa shape index (κ1) is 20.4. The number of nitrogens with zero attached hydrogens (tertiary/aromatic N) is 1. The van der Waals surface area contributed by atoms with Gasteiger partial charge in [-0.25, -0.2) is 4.39 Å². The molecule has 0 spiro atoms. The SMILES string of the molecule is CNC(=O)C(CNC(=O)C(C)(C)c1cc(F)cc(C#N)c1)C(F)(F)F. The van der Waals surface area contributed by atoms with Crippen LogP contribution in [0, 0.1) is 23.1 Å². The zero-order chi connectivity index (χ0) is 19.4. The molecule has 0 heterocycles. The summed E-state index contributed by atoms with van der Waals surface area (Å²) in [5.74, 6) is -5.25. The average molecular weight is 359 g/mol. The summed E-state index contributed by atoms with van der Waals surface area (Å²) in [7, 11) is 1.06. The zero-order valence-corrected chi connectivity index (χ0v) is 13.8. The zero-order valence-electron chi connectivity index (χ0n) is 13.8. The maximum atomic E-state index is 13.5. The maximum Gasteiger partial charge on any atom is 0.402 e. The number of benzene rings is 1. The van der Waals surface area contributed by atoms with Gasteiger partial charge in [-0.15, -0.1) is 0 Å². The number of hydrogen-bond acceptors (Lipinski definition) is 3. The maximum absolute atomic E-state index is 13.5. The molecule has 2 N–H and O–H groups in total. The molecule has 9 heteroatoms. The van der Waals surface area contributed by atoms with E-state index in [1.807, 2.05) is 5.32 Å². The molecule has 0 fully saturated rings. The monoisotopic (exact) mass is 359 g/mol. The van der Waals surface area contributed by atoms with E-state index in [1.165, 1.54) is 19.9 Å². The van der Waals surface area contributed by atoms with E-state index in [0.717, 1.165) is 19.2 Å². The molecule has 0 bridgehead atoms. The van der Waals surface area contributed by atoms with Crippen molar-refractivity contribution in [3.05, 3.63) is 35.1 Å².